The molecule has 0 aliphatic carbocycles. The predicted octanol–water partition coefficient (Wildman–Crippen LogP) is 0.390. The first-order valence-electron chi connectivity index (χ1n) is 4.71. The molecule has 2 aromatic rings. The van der Waals surface area contributed by atoms with E-state index in [0.717, 1.165) is 22.7 Å². The van der Waals surface area contributed by atoms with E-state index in [9.17, 15) is 0 Å². The SMILES string of the molecule is Cc1noc(C)c1Cn1nncc1CN. The molecule has 2 N–H and O–H groups in total. The lowest BCUT2D eigenvalue weighted by molar-refractivity contribution is 0.391. The normalized spacial score (nSPS) is 10.9. The second kappa shape index (κ2) is 3.82. The van der Waals surface area contributed by atoms with Gasteiger partial charge in [-0.05, 0) is 13.8 Å². The summed E-state index contributed by atoms with van der Waals surface area (Å²) in [6.07, 6.45) is 1.66. The zero-order chi connectivity index (χ0) is 10.8. The van der Waals surface area contributed by atoms with Crippen LogP contribution in [0.15, 0.2) is 10.7 Å². The smallest absolute Gasteiger partial charge is 0.138 e. The Morgan fingerprint density at radius 2 is 2.27 bits per heavy atom. The lowest BCUT2D eigenvalue weighted by Gasteiger charge is -2.03. The van der Waals surface area contributed by atoms with Crippen LogP contribution in [-0.4, -0.2) is 20.2 Å². The molecular weight excluding hydrogens is 194 g/mol. The van der Waals surface area contributed by atoms with Crippen LogP contribution in [0.4, 0.5) is 0 Å². The standard InChI is InChI=1S/C9H13N5O/c1-6-9(7(2)15-12-6)5-14-8(3-10)4-11-13-14/h4H,3,5,10H2,1-2H3. The fourth-order valence-corrected chi connectivity index (χ4v) is 1.45. The summed E-state index contributed by atoms with van der Waals surface area (Å²) in [5, 5.41) is 11.7. The fourth-order valence-electron chi connectivity index (χ4n) is 1.45. The van der Waals surface area contributed by atoms with Crippen molar-refractivity contribution in [2.45, 2.75) is 26.9 Å². The van der Waals surface area contributed by atoms with E-state index in [1.807, 2.05) is 13.8 Å². The summed E-state index contributed by atoms with van der Waals surface area (Å²) in [7, 11) is 0. The first-order valence-corrected chi connectivity index (χ1v) is 4.71. The summed E-state index contributed by atoms with van der Waals surface area (Å²) in [5.41, 5.74) is 8.38. The van der Waals surface area contributed by atoms with Crippen molar-refractivity contribution in [1.82, 2.24) is 20.2 Å². The van der Waals surface area contributed by atoms with Gasteiger partial charge in [0, 0.05) is 12.1 Å². The van der Waals surface area contributed by atoms with Crippen molar-refractivity contribution in [3.8, 4) is 0 Å². The molecule has 6 nitrogen and oxygen atoms in total. The van der Waals surface area contributed by atoms with Gasteiger partial charge in [-0.15, -0.1) is 5.10 Å². The van der Waals surface area contributed by atoms with Crippen molar-refractivity contribution >= 4 is 0 Å². The highest BCUT2D eigenvalue weighted by molar-refractivity contribution is 5.21. The van der Waals surface area contributed by atoms with Crippen LogP contribution >= 0.6 is 0 Å². The zero-order valence-corrected chi connectivity index (χ0v) is 8.77. The van der Waals surface area contributed by atoms with E-state index in [2.05, 4.69) is 15.5 Å². The molecule has 0 spiro atoms. The minimum atomic E-state index is 0.427. The molecule has 0 fully saturated rings. The van der Waals surface area contributed by atoms with Gasteiger partial charge in [0.15, 0.2) is 0 Å². The topological polar surface area (TPSA) is 82.8 Å². The van der Waals surface area contributed by atoms with Gasteiger partial charge < -0.3 is 10.3 Å². The minimum absolute atomic E-state index is 0.427. The van der Waals surface area contributed by atoms with Crippen LogP contribution in [0.2, 0.25) is 0 Å². The van der Waals surface area contributed by atoms with E-state index < -0.39 is 0 Å². The summed E-state index contributed by atoms with van der Waals surface area (Å²) in [6, 6.07) is 0. The largest absolute Gasteiger partial charge is 0.361 e. The summed E-state index contributed by atoms with van der Waals surface area (Å²) < 4.78 is 6.83. The molecule has 0 atom stereocenters. The maximum atomic E-state index is 5.56. The number of hydrogen-bond donors (Lipinski definition) is 1. The molecule has 0 aromatic carbocycles. The Hall–Kier alpha value is -1.69. The van der Waals surface area contributed by atoms with Crippen molar-refractivity contribution < 1.29 is 4.52 Å². The highest BCUT2D eigenvalue weighted by Gasteiger charge is 2.11. The van der Waals surface area contributed by atoms with Gasteiger partial charge in [-0.25, -0.2) is 4.68 Å². The van der Waals surface area contributed by atoms with Gasteiger partial charge in [0.2, 0.25) is 0 Å². The highest BCUT2D eigenvalue weighted by Crippen LogP contribution is 2.13. The average molecular weight is 207 g/mol. The Balaban J connectivity index is 2.29. The number of nitrogens with zero attached hydrogens (tertiary/aromatic N) is 4. The third-order valence-corrected chi connectivity index (χ3v) is 2.40. The van der Waals surface area contributed by atoms with Gasteiger partial charge in [0.05, 0.1) is 24.1 Å². The molecule has 15 heavy (non-hydrogen) atoms. The molecule has 0 unspecified atom stereocenters. The minimum Gasteiger partial charge on any atom is -0.361 e. The molecule has 0 saturated heterocycles. The Morgan fingerprint density at radius 1 is 1.47 bits per heavy atom. The fraction of sp³-hybridized carbons (Fsp3) is 0.444. The third-order valence-electron chi connectivity index (χ3n) is 2.40. The molecule has 2 aromatic heterocycles. The quantitative estimate of drug-likeness (QED) is 0.787. The number of aromatic nitrogens is 4. The summed E-state index contributed by atoms with van der Waals surface area (Å²) in [6.45, 7) is 4.82. The van der Waals surface area contributed by atoms with Crippen molar-refractivity contribution in [2.24, 2.45) is 5.73 Å². The van der Waals surface area contributed by atoms with Gasteiger partial charge in [0.25, 0.3) is 0 Å². The lowest BCUT2D eigenvalue weighted by atomic mass is 10.2. The van der Waals surface area contributed by atoms with Crippen LogP contribution in [-0.2, 0) is 13.1 Å². The molecule has 0 amide bonds. The van der Waals surface area contributed by atoms with Crippen molar-refractivity contribution in [1.29, 1.82) is 0 Å². The van der Waals surface area contributed by atoms with Gasteiger partial charge in [-0.2, -0.15) is 0 Å². The molecule has 0 bridgehead atoms. The van der Waals surface area contributed by atoms with Crippen LogP contribution in [0.3, 0.4) is 0 Å². The zero-order valence-electron chi connectivity index (χ0n) is 8.77. The van der Waals surface area contributed by atoms with Gasteiger partial charge >= 0.3 is 0 Å². The van der Waals surface area contributed by atoms with Crippen LogP contribution in [0.5, 0.6) is 0 Å². The third kappa shape index (κ3) is 1.75. The molecule has 0 aliphatic heterocycles. The maximum absolute atomic E-state index is 5.56. The van der Waals surface area contributed by atoms with E-state index in [1.54, 1.807) is 10.9 Å². The van der Waals surface area contributed by atoms with E-state index in [1.165, 1.54) is 0 Å². The second-order valence-electron chi connectivity index (χ2n) is 3.39. The van der Waals surface area contributed by atoms with Crippen LogP contribution in [0.25, 0.3) is 0 Å². The van der Waals surface area contributed by atoms with E-state index in [0.29, 0.717) is 13.1 Å². The molecular formula is C9H13N5O. The second-order valence-corrected chi connectivity index (χ2v) is 3.39. The Kier molecular flexibility index (Phi) is 2.51. The molecule has 0 radical (unpaired) electrons. The number of rotatable bonds is 3. The van der Waals surface area contributed by atoms with E-state index >= 15 is 0 Å². The number of nitrogens with two attached hydrogens (primary N) is 1. The van der Waals surface area contributed by atoms with Gasteiger partial charge in [0.1, 0.15) is 5.76 Å². The van der Waals surface area contributed by atoms with Crippen molar-refractivity contribution in [2.75, 3.05) is 0 Å². The first-order chi connectivity index (χ1) is 7.22. The van der Waals surface area contributed by atoms with Crippen molar-refractivity contribution in [3.05, 3.63) is 28.9 Å². The molecule has 80 valence electrons. The van der Waals surface area contributed by atoms with Crippen LogP contribution in [0.1, 0.15) is 22.7 Å². The van der Waals surface area contributed by atoms with Crippen molar-refractivity contribution in [3.63, 3.8) is 0 Å². The molecule has 0 saturated carbocycles. The van der Waals surface area contributed by atoms with Gasteiger partial charge in [-0.1, -0.05) is 10.4 Å². The van der Waals surface area contributed by atoms with Crippen LogP contribution in [0, 0.1) is 13.8 Å². The molecule has 2 heterocycles. The Bertz CT molecular complexity index is 439. The number of hydrogen-bond acceptors (Lipinski definition) is 5. The van der Waals surface area contributed by atoms with E-state index in [-0.39, 0.29) is 0 Å². The Labute approximate surface area is 87.0 Å². The average Bonchev–Trinajstić information content (AvgIpc) is 2.79. The van der Waals surface area contributed by atoms with E-state index in [4.69, 9.17) is 10.3 Å². The summed E-state index contributed by atoms with van der Waals surface area (Å²) in [5.74, 6) is 0.811. The summed E-state index contributed by atoms with van der Waals surface area (Å²) in [4.78, 5) is 0. The lowest BCUT2D eigenvalue weighted by Crippen LogP contribution is -2.10. The first kappa shape index (κ1) is 9.85. The molecule has 6 heteroatoms. The maximum Gasteiger partial charge on any atom is 0.138 e. The predicted molar refractivity (Wildman–Crippen MR) is 53.0 cm³/mol. The monoisotopic (exact) mass is 207 g/mol. The van der Waals surface area contributed by atoms with Crippen LogP contribution < -0.4 is 5.73 Å². The number of aryl methyl sites for hydroxylation is 2. The highest BCUT2D eigenvalue weighted by atomic mass is 16.5. The molecule has 2 rings (SSSR count). The molecule has 0 aliphatic rings. The Morgan fingerprint density at radius 3 is 2.87 bits per heavy atom. The summed E-state index contributed by atoms with van der Waals surface area (Å²) >= 11 is 0. The van der Waals surface area contributed by atoms with Gasteiger partial charge in [-0.3, -0.25) is 0 Å².